The highest BCUT2D eigenvalue weighted by atomic mass is 32.2. The Morgan fingerprint density at radius 1 is 1.67 bits per heavy atom. The first-order valence-electron chi connectivity index (χ1n) is 4.27. The molecule has 0 saturated carbocycles. The minimum absolute atomic E-state index is 0.0930. The van der Waals surface area contributed by atoms with Gasteiger partial charge in [0.25, 0.3) is 5.91 Å². The number of nitrogens with zero attached hydrogens (tertiary/aromatic N) is 2. The first kappa shape index (κ1) is 10.4. The lowest BCUT2D eigenvalue weighted by Gasteiger charge is -2.05. The van der Waals surface area contributed by atoms with E-state index in [1.54, 1.807) is 6.07 Å². The van der Waals surface area contributed by atoms with Gasteiger partial charge in [-0.2, -0.15) is 10.1 Å². The van der Waals surface area contributed by atoms with E-state index in [0.29, 0.717) is 15.8 Å². The summed E-state index contributed by atoms with van der Waals surface area (Å²) in [5, 5.41) is 5.19. The van der Waals surface area contributed by atoms with Crippen LogP contribution in [0.4, 0.5) is 0 Å². The smallest absolute Gasteiger partial charge is 0.259 e. The second kappa shape index (κ2) is 4.16. The van der Waals surface area contributed by atoms with Gasteiger partial charge in [0.05, 0.1) is 12.0 Å². The molecule has 15 heavy (non-hydrogen) atoms. The van der Waals surface area contributed by atoms with Gasteiger partial charge in [-0.25, -0.2) is 0 Å². The van der Waals surface area contributed by atoms with Crippen LogP contribution < -0.4 is 0 Å². The van der Waals surface area contributed by atoms with Crippen molar-refractivity contribution < 1.29 is 9.21 Å². The fourth-order valence-electron chi connectivity index (χ4n) is 1.10. The van der Waals surface area contributed by atoms with Crippen molar-refractivity contribution in [3.63, 3.8) is 0 Å². The van der Waals surface area contributed by atoms with Crippen LogP contribution in [0.3, 0.4) is 0 Å². The van der Waals surface area contributed by atoms with Gasteiger partial charge >= 0.3 is 0 Å². The number of furan rings is 1. The van der Waals surface area contributed by atoms with Crippen LogP contribution in [0.5, 0.6) is 0 Å². The number of thiocarbonyl (C=S) groups is 1. The zero-order valence-corrected chi connectivity index (χ0v) is 9.60. The summed E-state index contributed by atoms with van der Waals surface area (Å²) in [6.07, 6.45) is 1.49. The van der Waals surface area contributed by atoms with Crippen molar-refractivity contribution in [3.8, 4) is 0 Å². The standard InChI is InChI=1S/C9H8N2O2S2/c1-6-2-3-7(13-6)4-10-11-8(12)5-15-9(11)14/h2-4H,5H2,1H3/b10-4+. The van der Waals surface area contributed by atoms with E-state index in [1.807, 2.05) is 13.0 Å². The average molecular weight is 240 g/mol. The van der Waals surface area contributed by atoms with Crippen LogP contribution >= 0.6 is 24.0 Å². The molecule has 1 fully saturated rings. The molecule has 0 bridgehead atoms. The molecular formula is C9H8N2O2S2. The van der Waals surface area contributed by atoms with E-state index in [4.69, 9.17) is 16.6 Å². The predicted molar refractivity (Wildman–Crippen MR) is 62.9 cm³/mol. The SMILES string of the molecule is Cc1ccc(/C=N/N2C(=O)CSC2=S)o1. The number of carbonyl (C=O) groups is 1. The van der Waals surface area contributed by atoms with Crippen molar-refractivity contribution >= 4 is 40.4 Å². The van der Waals surface area contributed by atoms with E-state index in [-0.39, 0.29) is 5.91 Å². The van der Waals surface area contributed by atoms with Gasteiger partial charge in [-0.15, -0.1) is 0 Å². The molecule has 0 aromatic carbocycles. The van der Waals surface area contributed by atoms with Crippen molar-refractivity contribution in [1.29, 1.82) is 0 Å². The van der Waals surface area contributed by atoms with Crippen molar-refractivity contribution in [2.45, 2.75) is 6.92 Å². The van der Waals surface area contributed by atoms with Crippen molar-refractivity contribution in [2.24, 2.45) is 5.10 Å². The molecular weight excluding hydrogens is 232 g/mol. The molecule has 0 radical (unpaired) electrons. The van der Waals surface area contributed by atoms with Crippen LogP contribution in [0, 0.1) is 6.92 Å². The summed E-state index contributed by atoms with van der Waals surface area (Å²) in [5.41, 5.74) is 0. The van der Waals surface area contributed by atoms with Crippen LogP contribution in [0.2, 0.25) is 0 Å². The minimum atomic E-state index is -0.0930. The van der Waals surface area contributed by atoms with Crippen LogP contribution in [-0.2, 0) is 4.79 Å². The third-order valence-electron chi connectivity index (χ3n) is 1.79. The van der Waals surface area contributed by atoms with E-state index < -0.39 is 0 Å². The number of carbonyl (C=O) groups excluding carboxylic acids is 1. The quantitative estimate of drug-likeness (QED) is 0.584. The zero-order chi connectivity index (χ0) is 10.8. The molecule has 1 saturated heterocycles. The number of hydrogen-bond acceptors (Lipinski definition) is 5. The molecule has 0 atom stereocenters. The second-order valence-corrected chi connectivity index (χ2v) is 4.56. The minimum Gasteiger partial charge on any atom is -0.460 e. The molecule has 0 unspecified atom stereocenters. The summed E-state index contributed by atoms with van der Waals surface area (Å²) in [7, 11) is 0. The van der Waals surface area contributed by atoms with E-state index in [2.05, 4.69) is 5.10 Å². The molecule has 4 nitrogen and oxygen atoms in total. The maximum atomic E-state index is 11.3. The summed E-state index contributed by atoms with van der Waals surface area (Å²) in [4.78, 5) is 11.3. The summed E-state index contributed by atoms with van der Waals surface area (Å²) in [6.45, 7) is 1.85. The molecule has 0 N–H and O–H groups in total. The molecule has 1 aliphatic heterocycles. The third kappa shape index (κ3) is 2.27. The fourth-order valence-corrected chi connectivity index (χ4v) is 2.06. The third-order valence-corrected chi connectivity index (χ3v) is 3.13. The predicted octanol–water partition coefficient (Wildman–Crippen LogP) is 1.78. The number of rotatable bonds is 2. The molecule has 1 aliphatic rings. The maximum Gasteiger partial charge on any atom is 0.259 e. The van der Waals surface area contributed by atoms with Crippen LogP contribution in [0.15, 0.2) is 21.7 Å². The maximum absolute atomic E-state index is 11.3. The molecule has 1 aromatic heterocycles. The van der Waals surface area contributed by atoms with E-state index in [1.165, 1.54) is 23.0 Å². The van der Waals surface area contributed by atoms with Crippen molar-refractivity contribution in [1.82, 2.24) is 5.01 Å². The Labute approximate surface area is 96.3 Å². The van der Waals surface area contributed by atoms with Gasteiger partial charge in [0.1, 0.15) is 11.5 Å². The van der Waals surface area contributed by atoms with Gasteiger partial charge in [-0.3, -0.25) is 4.79 Å². The highest BCUT2D eigenvalue weighted by Gasteiger charge is 2.25. The normalized spacial score (nSPS) is 17.0. The number of aryl methyl sites for hydroxylation is 1. The number of amides is 1. The topological polar surface area (TPSA) is 45.8 Å². The Kier molecular flexibility index (Phi) is 2.88. The monoisotopic (exact) mass is 240 g/mol. The number of hydrogen-bond donors (Lipinski definition) is 0. The summed E-state index contributed by atoms with van der Waals surface area (Å²) >= 11 is 6.28. The average Bonchev–Trinajstić information content (AvgIpc) is 2.73. The van der Waals surface area contributed by atoms with Gasteiger partial charge in [0, 0.05) is 0 Å². The Balaban J connectivity index is 2.11. The van der Waals surface area contributed by atoms with Gasteiger partial charge in [0.2, 0.25) is 0 Å². The molecule has 2 heterocycles. The van der Waals surface area contributed by atoms with Crippen molar-refractivity contribution in [2.75, 3.05) is 5.75 Å². The summed E-state index contributed by atoms with van der Waals surface area (Å²) < 4.78 is 5.76. The Morgan fingerprint density at radius 2 is 2.47 bits per heavy atom. The lowest BCUT2D eigenvalue weighted by atomic mass is 10.4. The molecule has 78 valence electrons. The van der Waals surface area contributed by atoms with Gasteiger partial charge in [-0.05, 0) is 19.1 Å². The number of hydrazone groups is 1. The van der Waals surface area contributed by atoms with Crippen LogP contribution in [-0.4, -0.2) is 27.2 Å². The highest BCUT2D eigenvalue weighted by molar-refractivity contribution is 8.23. The highest BCUT2D eigenvalue weighted by Crippen LogP contribution is 2.19. The van der Waals surface area contributed by atoms with Gasteiger partial charge < -0.3 is 4.42 Å². The summed E-state index contributed by atoms with van der Waals surface area (Å²) in [5.74, 6) is 1.69. The molecule has 0 spiro atoms. The lowest BCUT2D eigenvalue weighted by Crippen LogP contribution is -2.22. The lowest BCUT2D eigenvalue weighted by molar-refractivity contribution is -0.123. The summed E-state index contributed by atoms with van der Waals surface area (Å²) in [6, 6.07) is 3.62. The number of thioether (sulfide) groups is 1. The van der Waals surface area contributed by atoms with Gasteiger partial charge in [0.15, 0.2) is 4.32 Å². The molecule has 0 aliphatic carbocycles. The molecule has 2 rings (SSSR count). The first-order chi connectivity index (χ1) is 7.16. The first-order valence-corrected chi connectivity index (χ1v) is 5.66. The van der Waals surface area contributed by atoms with E-state index >= 15 is 0 Å². The fraction of sp³-hybridized carbons (Fsp3) is 0.222. The second-order valence-electron chi connectivity index (χ2n) is 2.95. The molecule has 1 amide bonds. The van der Waals surface area contributed by atoms with Gasteiger partial charge in [-0.1, -0.05) is 24.0 Å². The largest absolute Gasteiger partial charge is 0.460 e. The Morgan fingerprint density at radius 3 is 3.00 bits per heavy atom. The van der Waals surface area contributed by atoms with Crippen LogP contribution in [0.25, 0.3) is 0 Å². The van der Waals surface area contributed by atoms with Crippen molar-refractivity contribution in [3.05, 3.63) is 23.7 Å². The Hall–Kier alpha value is -1.14. The Bertz CT molecular complexity index is 423. The molecule has 1 aromatic rings. The van der Waals surface area contributed by atoms with E-state index in [0.717, 1.165) is 5.76 Å². The van der Waals surface area contributed by atoms with E-state index in [9.17, 15) is 4.79 Å². The molecule has 6 heteroatoms. The zero-order valence-electron chi connectivity index (χ0n) is 7.97. The van der Waals surface area contributed by atoms with Crippen LogP contribution in [0.1, 0.15) is 11.5 Å².